The Bertz CT molecular complexity index is 1030. The van der Waals surface area contributed by atoms with Crippen LogP contribution < -0.4 is 5.32 Å². The van der Waals surface area contributed by atoms with Crippen LogP contribution in [-0.4, -0.2) is 33.7 Å². The molecule has 0 aliphatic carbocycles. The van der Waals surface area contributed by atoms with E-state index in [0.29, 0.717) is 10.7 Å². The van der Waals surface area contributed by atoms with E-state index in [1.54, 1.807) is 31.2 Å². The zero-order chi connectivity index (χ0) is 22.8. The third-order valence-corrected chi connectivity index (χ3v) is 6.07. The maximum Gasteiger partial charge on any atom is 0.417 e. The highest BCUT2D eigenvalue weighted by atomic mass is 35.5. The number of amides is 2. The van der Waals surface area contributed by atoms with E-state index in [-0.39, 0.29) is 35.6 Å². The fourth-order valence-electron chi connectivity index (χ4n) is 2.84. The zero-order valence-corrected chi connectivity index (χ0v) is 18.4. The van der Waals surface area contributed by atoms with Gasteiger partial charge in [-0.15, -0.1) is 0 Å². The number of carbonyl (C=O) groups is 2. The molecule has 164 valence electrons. The molecule has 1 N–H and O–H groups in total. The zero-order valence-electron chi connectivity index (χ0n) is 16.0. The predicted molar refractivity (Wildman–Crippen MR) is 117 cm³/mol. The first kappa shape index (κ1) is 23.4. The number of thioether (sulfide) groups is 1. The predicted octanol–water partition coefficient (Wildman–Crippen LogP) is 5.99. The molecule has 2 aromatic rings. The molecule has 0 aromatic heterocycles. The lowest BCUT2D eigenvalue weighted by Gasteiger charge is -2.14. The summed E-state index contributed by atoms with van der Waals surface area (Å²) in [5.41, 5.74) is -0.462. The Hall–Kier alpha value is -2.23. The molecule has 0 spiro atoms. The Balaban J connectivity index is 1.76. The monoisotopic (exact) mass is 489 g/mol. The van der Waals surface area contributed by atoms with E-state index in [2.05, 4.69) is 10.3 Å². The minimum absolute atomic E-state index is 0.0109. The molecule has 31 heavy (non-hydrogen) atoms. The molecule has 0 saturated carbocycles. The molecule has 2 amide bonds. The molecule has 11 heteroatoms. The number of halogens is 5. The maximum absolute atomic E-state index is 13.1. The molecule has 0 radical (unpaired) electrons. The lowest BCUT2D eigenvalue weighted by atomic mass is 10.2. The Kier molecular flexibility index (Phi) is 7.18. The third kappa shape index (κ3) is 5.72. The number of aliphatic imine (C=N–C) groups is 1. The van der Waals surface area contributed by atoms with Crippen molar-refractivity contribution in [3.63, 3.8) is 0 Å². The van der Waals surface area contributed by atoms with Crippen molar-refractivity contribution in [3.05, 3.63) is 58.1 Å². The van der Waals surface area contributed by atoms with Gasteiger partial charge in [-0.2, -0.15) is 13.2 Å². The van der Waals surface area contributed by atoms with E-state index >= 15 is 0 Å². The van der Waals surface area contributed by atoms with Crippen LogP contribution in [0.25, 0.3) is 0 Å². The molecular weight excluding hydrogens is 474 g/mol. The van der Waals surface area contributed by atoms with E-state index in [1.165, 1.54) is 11.0 Å². The van der Waals surface area contributed by atoms with Gasteiger partial charge in [-0.05, 0) is 49.4 Å². The number of amidine groups is 1. The molecule has 1 fully saturated rings. The number of carbonyl (C=O) groups excluding carboxylic acids is 2. The number of nitrogens with one attached hydrogen (secondary N) is 1. The van der Waals surface area contributed by atoms with Gasteiger partial charge in [0.1, 0.15) is 5.25 Å². The van der Waals surface area contributed by atoms with Gasteiger partial charge in [-0.25, -0.2) is 4.99 Å². The van der Waals surface area contributed by atoms with Crippen LogP contribution in [0.3, 0.4) is 0 Å². The highest BCUT2D eigenvalue weighted by molar-refractivity contribution is 8.15. The quantitative estimate of drug-likeness (QED) is 0.560. The average Bonchev–Trinajstić information content (AvgIpc) is 2.98. The molecule has 1 saturated heterocycles. The second-order valence-corrected chi connectivity index (χ2v) is 8.52. The van der Waals surface area contributed by atoms with E-state index in [1.807, 2.05) is 0 Å². The van der Waals surface area contributed by atoms with E-state index < -0.39 is 22.0 Å². The summed E-state index contributed by atoms with van der Waals surface area (Å²) in [5.74, 6) is -0.709. The number of anilines is 1. The smallest absolute Gasteiger partial charge is 0.326 e. The molecule has 1 atom stereocenters. The van der Waals surface area contributed by atoms with Gasteiger partial charge < -0.3 is 5.32 Å². The molecular formula is C20H16Cl2F3N3O2S. The van der Waals surface area contributed by atoms with Crippen LogP contribution in [0.4, 0.5) is 24.5 Å². The normalized spacial score (nSPS) is 18.0. The Morgan fingerprint density at radius 2 is 1.87 bits per heavy atom. The first-order valence-electron chi connectivity index (χ1n) is 9.07. The summed E-state index contributed by atoms with van der Waals surface area (Å²) in [7, 11) is 0. The number of rotatable bonds is 5. The van der Waals surface area contributed by atoms with Crippen molar-refractivity contribution in [1.29, 1.82) is 0 Å². The molecule has 1 aliphatic rings. The van der Waals surface area contributed by atoms with Gasteiger partial charge in [0.25, 0.3) is 0 Å². The lowest BCUT2D eigenvalue weighted by Crippen LogP contribution is -2.33. The van der Waals surface area contributed by atoms with Crippen LogP contribution >= 0.6 is 35.0 Å². The van der Waals surface area contributed by atoms with E-state index in [4.69, 9.17) is 23.2 Å². The first-order chi connectivity index (χ1) is 14.6. The minimum atomic E-state index is -4.63. The Morgan fingerprint density at radius 3 is 2.48 bits per heavy atom. The van der Waals surface area contributed by atoms with Crippen LogP contribution in [0.5, 0.6) is 0 Å². The van der Waals surface area contributed by atoms with Crippen molar-refractivity contribution in [2.45, 2.75) is 24.8 Å². The van der Waals surface area contributed by atoms with Gasteiger partial charge in [0.2, 0.25) is 11.8 Å². The van der Waals surface area contributed by atoms with Crippen LogP contribution in [0.1, 0.15) is 18.9 Å². The van der Waals surface area contributed by atoms with Crippen LogP contribution in [0.2, 0.25) is 10.0 Å². The number of benzene rings is 2. The molecule has 1 heterocycles. The topological polar surface area (TPSA) is 61.8 Å². The van der Waals surface area contributed by atoms with Crippen molar-refractivity contribution < 1.29 is 22.8 Å². The second kappa shape index (κ2) is 9.50. The lowest BCUT2D eigenvalue weighted by molar-refractivity contribution is -0.137. The van der Waals surface area contributed by atoms with Crippen LogP contribution in [0.15, 0.2) is 47.5 Å². The van der Waals surface area contributed by atoms with Gasteiger partial charge in [0.05, 0.1) is 16.3 Å². The van der Waals surface area contributed by atoms with Crippen molar-refractivity contribution >= 4 is 63.3 Å². The van der Waals surface area contributed by atoms with Gasteiger partial charge in [0.15, 0.2) is 5.17 Å². The van der Waals surface area contributed by atoms with Gasteiger partial charge >= 0.3 is 6.18 Å². The SMILES string of the molecule is CCN1C(=O)C(CC(=O)Nc2ccc(Cl)cc2)SC1=Nc1ccc(Cl)c(C(F)(F)F)c1. The summed E-state index contributed by atoms with van der Waals surface area (Å²) in [4.78, 5) is 30.6. The van der Waals surface area contributed by atoms with Crippen LogP contribution in [0, 0.1) is 0 Å². The Labute approximate surface area is 190 Å². The highest BCUT2D eigenvalue weighted by Gasteiger charge is 2.39. The number of alkyl halides is 3. The van der Waals surface area contributed by atoms with Gasteiger partial charge in [-0.1, -0.05) is 35.0 Å². The summed E-state index contributed by atoms with van der Waals surface area (Å²) < 4.78 is 39.3. The van der Waals surface area contributed by atoms with Crippen molar-refractivity contribution in [1.82, 2.24) is 4.90 Å². The number of hydrogen-bond acceptors (Lipinski definition) is 4. The molecule has 0 bridgehead atoms. The molecule has 5 nitrogen and oxygen atoms in total. The summed E-state index contributed by atoms with van der Waals surface area (Å²) in [5, 5.41) is 2.26. The number of hydrogen-bond donors (Lipinski definition) is 1. The Morgan fingerprint density at radius 1 is 1.19 bits per heavy atom. The van der Waals surface area contributed by atoms with Crippen molar-refractivity contribution in [2.24, 2.45) is 4.99 Å². The van der Waals surface area contributed by atoms with E-state index in [9.17, 15) is 22.8 Å². The summed E-state index contributed by atoms with van der Waals surface area (Å²) in [6.07, 6.45) is -4.74. The summed E-state index contributed by atoms with van der Waals surface area (Å²) in [6, 6.07) is 9.79. The van der Waals surface area contributed by atoms with Gasteiger partial charge in [-0.3, -0.25) is 14.5 Å². The molecule has 1 aliphatic heterocycles. The standard InChI is InChI=1S/C20H16Cl2F3N3O2S/c1-2-28-18(30)16(10-17(29)26-12-5-3-11(21)4-6-12)31-19(28)27-13-7-8-15(22)14(9-13)20(23,24)25/h3-9,16H,2,10H2,1H3,(H,26,29). The summed E-state index contributed by atoms with van der Waals surface area (Å²) >= 11 is 12.5. The second-order valence-electron chi connectivity index (χ2n) is 6.50. The van der Waals surface area contributed by atoms with E-state index in [0.717, 1.165) is 23.9 Å². The van der Waals surface area contributed by atoms with Crippen molar-refractivity contribution in [2.75, 3.05) is 11.9 Å². The van der Waals surface area contributed by atoms with Gasteiger partial charge in [0, 0.05) is 23.7 Å². The highest BCUT2D eigenvalue weighted by Crippen LogP contribution is 2.38. The van der Waals surface area contributed by atoms with Crippen LogP contribution in [-0.2, 0) is 15.8 Å². The molecule has 3 rings (SSSR count). The number of nitrogens with zero attached hydrogens (tertiary/aromatic N) is 2. The minimum Gasteiger partial charge on any atom is -0.326 e. The largest absolute Gasteiger partial charge is 0.417 e. The van der Waals surface area contributed by atoms with Crippen molar-refractivity contribution in [3.8, 4) is 0 Å². The fraction of sp³-hybridized carbons (Fsp3) is 0.250. The molecule has 2 aromatic carbocycles. The maximum atomic E-state index is 13.1. The first-order valence-corrected chi connectivity index (χ1v) is 10.7. The summed E-state index contributed by atoms with van der Waals surface area (Å²) in [6.45, 7) is 1.98. The fourth-order valence-corrected chi connectivity index (χ4v) is 4.41. The molecule has 1 unspecified atom stereocenters. The average molecular weight is 490 g/mol. The third-order valence-electron chi connectivity index (χ3n) is 4.32.